The van der Waals surface area contributed by atoms with Gasteiger partial charge in [-0.2, -0.15) is 0 Å². The highest BCUT2D eigenvalue weighted by molar-refractivity contribution is 5.96. The van der Waals surface area contributed by atoms with Crippen molar-refractivity contribution in [1.82, 2.24) is 4.98 Å². The third-order valence-electron chi connectivity index (χ3n) is 5.77. The van der Waals surface area contributed by atoms with Crippen molar-refractivity contribution in [2.45, 2.75) is 44.9 Å². The molecule has 106 valence electrons. The Hall–Kier alpha value is -1.25. The van der Waals surface area contributed by atoms with Crippen molar-refractivity contribution < 1.29 is 9.18 Å². The lowest BCUT2D eigenvalue weighted by Crippen LogP contribution is -2.46. The maximum Gasteiger partial charge on any atom is 0.166 e. The van der Waals surface area contributed by atoms with Gasteiger partial charge in [-0.25, -0.2) is 4.39 Å². The van der Waals surface area contributed by atoms with Crippen LogP contribution in [0, 0.1) is 29.0 Å². The minimum Gasteiger partial charge on any atom is -0.294 e. The highest BCUT2D eigenvalue weighted by Gasteiger charge is 2.51. The average molecular weight is 273 g/mol. The molecule has 0 radical (unpaired) electrons. The lowest BCUT2D eigenvalue weighted by atomic mass is 9.48. The molecule has 4 aliphatic carbocycles. The van der Waals surface area contributed by atoms with Gasteiger partial charge in [0.25, 0.3) is 0 Å². The smallest absolute Gasteiger partial charge is 0.166 e. The monoisotopic (exact) mass is 273 g/mol. The van der Waals surface area contributed by atoms with Crippen molar-refractivity contribution in [1.29, 1.82) is 0 Å². The number of hydrogen-bond donors (Lipinski definition) is 0. The van der Waals surface area contributed by atoms with E-state index in [0.717, 1.165) is 24.0 Å². The summed E-state index contributed by atoms with van der Waals surface area (Å²) in [5.74, 6) is 2.00. The van der Waals surface area contributed by atoms with Gasteiger partial charge >= 0.3 is 0 Å². The van der Waals surface area contributed by atoms with Crippen LogP contribution in [0.25, 0.3) is 0 Å². The summed E-state index contributed by atoms with van der Waals surface area (Å²) in [6.45, 7) is 0. The van der Waals surface area contributed by atoms with Crippen LogP contribution in [-0.4, -0.2) is 10.8 Å². The summed E-state index contributed by atoms with van der Waals surface area (Å²) in [6, 6.07) is 1.53. The topological polar surface area (TPSA) is 30.0 Å². The van der Waals surface area contributed by atoms with Gasteiger partial charge in [-0.3, -0.25) is 9.78 Å². The second kappa shape index (κ2) is 4.37. The summed E-state index contributed by atoms with van der Waals surface area (Å²) in [4.78, 5) is 16.2. The number of hydrogen-bond acceptors (Lipinski definition) is 2. The first-order valence-electron chi connectivity index (χ1n) is 7.76. The average Bonchev–Trinajstić information content (AvgIpc) is 2.36. The van der Waals surface area contributed by atoms with Crippen molar-refractivity contribution in [2.75, 3.05) is 0 Å². The first-order chi connectivity index (χ1) is 9.63. The molecule has 0 unspecified atom stereocenters. The van der Waals surface area contributed by atoms with Crippen LogP contribution in [0.2, 0.25) is 0 Å². The Morgan fingerprint density at radius 2 is 1.80 bits per heavy atom. The van der Waals surface area contributed by atoms with Gasteiger partial charge in [0.05, 0.1) is 11.8 Å². The number of aromatic nitrogens is 1. The number of nitrogens with zero attached hydrogens (tertiary/aromatic N) is 1. The van der Waals surface area contributed by atoms with Crippen LogP contribution in [0.3, 0.4) is 0 Å². The molecule has 3 heteroatoms. The summed E-state index contributed by atoms with van der Waals surface area (Å²) in [6.07, 6.45) is 10.9. The van der Waals surface area contributed by atoms with Crippen LogP contribution in [0.15, 0.2) is 18.5 Å². The molecule has 0 amide bonds. The van der Waals surface area contributed by atoms with Gasteiger partial charge in [0.2, 0.25) is 0 Å². The summed E-state index contributed by atoms with van der Waals surface area (Å²) < 4.78 is 13.7. The zero-order chi connectivity index (χ0) is 13.7. The molecule has 2 nitrogen and oxygen atoms in total. The first kappa shape index (κ1) is 12.5. The number of ketones is 1. The van der Waals surface area contributed by atoms with Gasteiger partial charge in [-0.15, -0.1) is 0 Å². The normalized spacial score (nSPS) is 38.1. The predicted octanol–water partition coefficient (Wildman–Crippen LogP) is 4.01. The fourth-order valence-corrected chi connectivity index (χ4v) is 5.54. The quantitative estimate of drug-likeness (QED) is 0.779. The molecule has 4 aliphatic rings. The third-order valence-corrected chi connectivity index (χ3v) is 5.77. The van der Waals surface area contributed by atoms with Gasteiger partial charge in [-0.05, 0) is 67.8 Å². The van der Waals surface area contributed by atoms with Crippen molar-refractivity contribution in [2.24, 2.45) is 23.2 Å². The van der Waals surface area contributed by atoms with Crippen molar-refractivity contribution >= 4 is 5.78 Å². The van der Waals surface area contributed by atoms with Crippen LogP contribution in [0.1, 0.15) is 55.3 Å². The highest BCUT2D eigenvalue weighted by Crippen LogP contribution is 2.61. The van der Waals surface area contributed by atoms with E-state index < -0.39 is 5.82 Å². The number of Topliss-reactive ketones (excluding diaryl/α,β-unsaturated/α-hetero) is 1. The van der Waals surface area contributed by atoms with Crippen LogP contribution >= 0.6 is 0 Å². The molecule has 0 N–H and O–H groups in total. The molecule has 1 aromatic rings. The van der Waals surface area contributed by atoms with E-state index in [1.54, 1.807) is 0 Å². The molecule has 0 spiro atoms. The molecule has 20 heavy (non-hydrogen) atoms. The van der Waals surface area contributed by atoms with E-state index in [1.807, 2.05) is 0 Å². The van der Waals surface area contributed by atoms with Crippen molar-refractivity contribution in [3.05, 3.63) is 29.8 Å². The number of halogens is 1. The number of carbonyl (C=O) groups is 1. The predicted molar refractivity (Wildman–Crippen MR) is 73.7 cm³/mol. The summed E-state index contributed by atoms with van der Waals surface area (Å²) in [7, 11) is 0. The minimum atomic E-state index is -0.470. The fraction of sp³-hybridized carbons (Fsp3) is 0.647. The van der Waals surface area contributed by atoms with Crippen LogP contribution in [-0.2, 0) is 0 Å². The van der Waals surface area contributed by atoms with E-state index in [-0.39, 0.29) is 16.8 Å². The van der Waals surface area contributed by atoms with Gasteiger partial charge in [0, 0.05) is 12.6 Å². The van der Waals surface area contributed by atoms with Gasteiger partial charge in [-0.1, -0.05) is 0 Å². The molecule has 4 saturated carbocycles. The van der Waals surface area contributed by atoms with E-state index in [9.17, 15) is 9.18 Å². The molecule has 4 bridgehead atoms. The Kier molecular flexibility index (Phi) is 2.73. The molecular weight excluding hydrogens is 253 g/mol. The minimum absolute atomic E-state index is 0.0214. The van der Waals surface area contributed by atoms with Crippen LogP contribution in [0.4, 0.5) is 4.39 Å². The zero-order valence-electron chi connectivity index (χ0n) is 11.6. The van der Waals surface area contributed by atoms with Gasteiger partial charge in [0.1, 0.15) is 0 Å². The zero-order valence-corrected chi connectivity index (χ0v) is 11.6. The third kappa shape index (κ3) is 1.99. The molecule has 0 atom stereocenters. The molecule has 0 aliphatic heterocycles. The van der Waals surface area contributed by atoms with Crippen molar-refractivity contribution in [3.63, 3.8) is 0 Å². The molecular formula is C17H20FNO. The van der Waals surface area contributed by atoms with Gasteiger partial charge < -0.3 is 0 Å². The Bertz CT molecular complexity index is 518. The standard InChI is InChI=1S/C17H20FNO/c18-15-10-19-2-1-14(15)16(20)9-17-6-11-3-12(7-17)5-13(4-11)8-17/h1-2,10-13H,3-9H2. The molecule has 0 aromatic carbocycles. The first-order valence-corrected chi connectivity index (χ1v) is 7.76. The van der Waals surface area contributed by atoms with E-state index in [0.29, 0.717) is 6.42 Å². The van der Waals surface area contributed by atoms with E-state index >= 15 is 0 Å². The number of pyridine rings is 1. The second-order valence-electron chi connectivity index (χ2n) is 7.37. The second-order valence-corrected chi connectivity index (χ2v) is 7.37. The van der Waals surface area contributed by atoms with E-state index in [2.05, 4.69) is 4.98 Å². The largest absolute Gasteiger partial charge is 0.294 e. The van der Waals surface area contributed by atoms with E-state index in [4.69, 9.17) is 0 Å². The summed E-state index contributed by atoms with van der Waals surface area (Å²) >= 11 is 0. The molecule has 1 heterocycles. The Morgan fingerprint density at radius 3 is 2.35 bits per heavy atom. The molecule has 1 aromatic heterocycles. The number of carbonyl (C=O) groups excluding carboxylic acids is 1. The molecule has 0 saturated heterocycles. The molecule has 5 rings (SSSR count). The highest BCUT2D eigenvalue weighted by atomic mass is 19.1. The lowest BCUT2D eigenvalue weighted by Gasteiger charge is -2.56. The maximum atomic E-state index is 13.7. The van der Waals surface area contributed by atoms with Crippen LogP contribution < -0.4 is 0 Å². The van der Waals surface area contributed by atoms with Crippen LogP contribution in [0.5, 0.6) is 0 Å². The lowest BCUT2D eigenvalue weighted by molar-refractivity contribution is -0.0524. The summed E-state index contributed by atoms with van der Waals surface area (Å²) in [5.41, 5.74) is 0.414. The van der Waals surface area contributed by atoms with Crippen molar-refractivity contribution in [3.8, 4) is 0 Å². The Balaban J connectivity index is 1.57. The fourth-order valence-electron chi connectivity index (χ4n) is 5.54. The number of rotatable bonds is 3. The Morgan fingerprint density at radius 1 is 1.20 bits per heavy atom. The maximum absolute atomic E-state index is 13.7. The Labute approximate surface area is 118 Å². The summed E-state index contributed by atoms with van der Waals surface area (Å²) in [5, 5.41) is 0. The van der Waals surface area contributed by atoms with Gasteiger partial charge in [0.15, 0.2) is 11.6 Å². The molecule has 4 fully saturated rings. The SMILES string of the molecule is O=C(CC12CC3CC(CC(C3)C1)C2)c1ccncc1F. The van der Waals surface area contributed by atoms with E-state index in [1.165, 1.54) is 50.8 Å².